The highest BCUT2D eigenvalue weighted by molar-refractivity contribution is 6.34. The van der Waals surface area contributed by atoms with Gasteiger partial charge in [0.25, 0.3) is 11.8 Å². The number of esters is 1. The van der Waals surface area contributed by atoms with Gasteiger partial charge in [-0.25, -0.2) is 9.69 Å². The Morgan fingerprint density at radius 1 is 0.857 bits per heavy atom. The molecule has 0 saturated heterocycles. The Bertz CT molecular complexity index is 1090. The largest absolute Gasteiger partial charge is 0.457 e. The van der Waals surface area contributed by atoms with E-state index in [1.54, 1.807) is 18.2 Å². The SMILES string of the molecule is Cc1cccc(N2C(=O)c3ccc(C(=O)OCc4ccccc4)cc3C2=O)c1. The summed E-state index contributed by atoms with van der Waals surface area (Å²) in [5.74, 6) is -1.38. The summed E-state index contributed by atoms with van der Waals surface area (Å²) in [5.41, 5.74) is 3.06. The number of hydrogen-bond acceptors (Lipinski definition) is 4. The summed E-state index contributed by atoms with van der Waals surface area (Å²) in [6, 6.07) is 20.9. The maximum Gasteiger partial charge on any atom is 0.338 e. The number of anilines is 1. The fourth-order valence-corrected chi connectivity index (χ4v) is 3.18. The number of ether oxygens (including phenoxy) is 1. The summed E-state index contributed by atoms with van der Waals surface area (Å²) in [6.45, 7) is 2.03. The number of benzene rings is 3. The van der Waals surface area contributed by atoms with E-state index < -0.39 is 17.8 Å². The molecule has 0 aromatic heterocycles. The number of carbonyl (C=O) groups excluding carboxylic acids is 3. The van der Waals surface area contributed by atoms with Gasteiger partial charge in [-0.3, -0.25) is 9.59 Å². The zero-order valence-corrected chi connectivity index (χ0v) is 15.2. The smallest absolute Gasteiger partial charge is 0.338 e. The lowest BCUT2D eigenvalue weighted by Crippen LogP contribution is -2.29. The quantitative estimate of drug-likeness (QED) is 0.510. The second kappa shape index (κ2) is 7.12. The number of imide groups is 1. The molecule has 1 aliphatic rings. The van der Waals surface area contributed by atoms with Gasteiger partial charge in [-0.1, -0.05) is 42.5 Å². The molecule has 3 aromatic rings. The monoisotopic (exact) mass is 371 g/mol. The molecule has 3 aromatic carbocycles. The standard InChI is InChI=1S/C23H17NO4/c1-15-6-5-9-18(12-15)24-21(25)19-11-10-17(13-20(19)22(24)26)23(27)28-14-16-7-3-2-4-8-16/h2-13H,14H2,1H3. The molecular formula is C23H17NO4. The summed E-state index contributed by atoms with van der Waals surface area (Å²) < 4.78 is 5.31. The van der Waals surface area contributed by atoms with Crippen LogP contribution in [0.25, 0.3) is 0 Å². The molecule has 1 heterocycles. The maximum absolute atomic E-state index is 12.8. The highest BCUT2D eigenvalue weighted by Crippen LogP contribution is 2.29. The molecule has 2 amide bonds. The highest BCUT2D eigenvalue weighted by atomic mass is 16.5. The van der Waals surface area contributed by atoms with E-state index >= 15 is 0 Å². The number of nitrogens with zero attached hydrogens (tertiary/aromatic N) is 1. The highest BCUT2D eigenvalue weighted by Gasteiger charge is 2.37. The van der Waals surface area contributed by atoms with Crippen molar-refractivity contribution in [1.82, 2.24) is 0 Å². The average molecular weight is 371 g/mol. The molecule has 0 atom stereocenters. The van der Waals surface area contributed by atoms with E-state index in [2.05, 4.69) is 0 Å². The molecule has 1 aliphatic heterocycles. The first-order valence-electron chi connectivity index (χ1n) is 8.85. The van der Waals surface area contributed by atoms with E-state index in [1.165, 1.54) is 18.2 Å². The first-order chi connectivity index (χ1) is 13.5. The van der Waals surface area contributed by atoms with E-state index in [0.717, 1.165) is 16.0 Å². The molecule has 138 valence electrons. The van der Waals surface area contributed by atoms with Gasteiger partial charge in [0.15, 0.2) is 0 Å². The van der Waals surface area contributed by atoms with Gasteiger partial charge in [0, 0.05) is 0 Å². The van der Waals surface area contributed by atoms with Gasteiger partial charge >= 0.3 is 5.97 Å². The number of amides is 2. The lowest BCUT2D eigenvalue weighted by atomic mass is 10.1. The van der Waals surface area contributed by atoms with Crippen molar-refractivity contribution in [3.8, 4) is 0 Å². The third-order valence-electron chi connectivity index (χ3n) is 4.59. The predicted molar refractivity (Wildman–Crippen MR) is 104 cm³/mol. The Morgan fingerprint density at radius 3 is 2.36 bits per heavy atom. The number of aryl methyl sites for hydroxylation is 1. The number of fused-ring (bicyclic) bond motifs is 1. The van der Waals surface area contributed by atoms with Crippen LogP contribution in [0.2, 0.25) is 0 Å². The summed E-state index contributed by atoms with van der Waals surface area (Å²) >= 11 is 0. The molecule has 0 aliphatic carbocycles. The van der Waals surface area contributed by atoms with E-state index in [4.69, 9.17) is 4.74 Å². The molecule has 5 heteroatoms. The Hall–Kier alpha value is -3.73. The molecule has 0 N–H and O–H groups in total. The third-order valence-corrected chi connectivity index (χ3v) is 4.59. The minimum Gasteiger partial charge on any atom is -0.457 e. The fraction of sp³-hybridized carbons (Fsp3) is 0.0870. The molecule has 0 radical (unpaired) electrons. The number of rotatable bonds is 4. The Balaban J connectivity index is 1.57. The van der Waals surface area contributed by atoms with Crippen LogP contribution in [0.4, 0.5) is 5.69 Å². The molecular weight excluding hydrogens is 354 g/mol. The minimum absolute atomic E-state index is 0.138. The van der Waals surface area contributed by atoms with Crippen LogP contribution in [0, 0.1) is 6.92 Å². The molecule has 0 saturated carbocycles. The zero-order valence-electron chi connectivity index (χ0n) is 15.2. The van der Waals surface area contributed by atoms with Gasteiger partial charge in [0.1, 0.15) is 6.61 Å². The van der Waals surface area contributed by atoms with E-state index in [1.807, 2.05) is 43.3 Å². The Labute approximate surface area is 162 Å². The normalized spacial score (nSPS) is 12.8. The first kappa shape index (κ1) is 17.7. The lowest BCUT2D eigenvalue weighted by molar-refractivity contribution is 0.0472. The summed E-state index contributed by atoms with van der Waals surface area (Å²) in [7, 11) is 0. The third kappa shape index (κ3) is 3.18. The van der Waals surface area contributed by atoms with Crippen LogP contribution in [0.15, 0.2) is 72.8 Å². The minimum atomic E-state index is -0.541. The van der Waals surface area contributed by atoms with Crippen molar-refractivity contribution in [3.63, 3.8) is 0 Å². The summed E-state index contributed by atoms with van der Waals surface area (Å²) in [4.78, 5) is 39.0. The first-order valence-corrected chi connectivity index (χ1v) is 8.85. The van der Waals surface area contributed by atoms with Crippen LogP contribution in [-0.4, -0.2) is 17.8 Å². The second-order valence-electron chi connectivity index (χ2n) is 6.61. The van der Waals surface area contributed by atoms with Crippen molar-refractivity contribution in [2.24, 2.45) is 0 Å². The van der Waals surface area contributed by atoms with Gasteiger partial charge in [-0.2, -0.15) is 0 Å². The van der Waals surface area contributed by atoms with Crippen LogP contribution in [0.1, 0.15) is 42.2 Å². The number of carbonyl (C=O) groups is 3. The molecule has 0 spiro atoms. The van der Waals surface area contributed by atoms with E-state index in [0.29, 0.717) is 5.69 Å². The van der Waals surface area contributed by atoms with Gasteiger partial charge in [-0.15, -0.1) is 0 Å². The van der Waals surface area contributed by atoms with Gasteiger partial charge < -0.3 is 4.74 Å². The van der Waals surface area contributed by atoms with Crippen molar-refractivity contribution in [2.45, 2.75) is 13.5 Å². The molecule has 28 heavy (non-hydrogen) atoms. The van der Waals surface area contributed by atoms with Crippen LogP contribution in [-0.2, 0) is 11.3 Å². The van der Waals surface area contributed by atoms with Crippen molar-refractivity contribution in [1.29, 1.82) is 0 Å². The lowest BCUT2D eigenvalue weighted by Gasteiger charge is -2.14. The number of hydrogen-bond donors (Lipinski definition) is 0. The predicted octanol–water partition coefficient (Wildman–Crippen LogP) is 4.15. The van der Waals surface area contributed by atoms with Crippen LogP contribution in [0.3, 0.4) is 0 Å². The second-order valence-corrected chi connectivity index (χ2v) is 6.61. The Morgan fingerprint density at radius 2 is 1.61 bits per heavy atom. The molecule has 0 bridgehead atoms. The molecule has 5 nitrogen and oxygen atoms in total. The molecule has 0 fully saturated rings. The van der Waals surface area contributed by atoms with Crippen LogP contribution in [0.5, 0.6) is 0 Å². The van der Waals surface area contributed by atoms with E-state index in [9.17, 15) is 14.4 Å². The average Bonchev–Trinajstić information content (AvgIpc) is 2.97. The van der Waals surface area contributed by atoms with Crippen molar-refractivity contribution in [3.05, 3.63) is 101 Å². The topological polar surface area (TPSA) is 63.7 Å². The van der Waals surface area contributed by atoms with Crippen molar-refractivity contribution < 1.29 is 19.1 Å². The van der Waals surface area contributed by atoms with Crippen LogP contribution < -0.4 is 4.90 Å². The van der Waals surface area contributed by atoms with Gasteiger partial charge in [-0.05, 0) is 48.4 Å². The van der Waals surface area contributed by atoms with Crippen molar-refractivity contribution in [2.75, 3.05) is 4.90 Å². The fourth-order valence-electron chi connectivity index (χ4n) is 3.18. The van der Waals surface area contributed by atoms with Gasteiger partial charge in [0.2, 0.25) is 0 Å². The molecule has 0 unspecified atom stereocenters. The maximum atomic E-state index is 12.8. The summed E-state index contributed by atoms with van der Waals surface area (Å²) in [6.07, 6.45) is 0. The zero-order chi connectivity index (χ0) is 19.7. The summed E-state index contributed by atoms with van der Waals surface area (Å²) in [5, 5.41) is 0. The Kier molecular flexibility index (Phi) is 4.49. The molecule has 4 rings (SSSR count). The van der Waals surface area contributed by atoms with Crippen molar-refractivity contribution >= 4 is 23.5 Å². The van der Waals surface area contributed by atoms with E-state index in [-0.39, 0.29) is 23.3 Å². The van der Waals surface area contributed by atoms with Gasteiger partial charge in [0.05, 0.1) is 22.4 Å². The van der Waals surface area contributed by atoms with Crippen LogP contribution >= 0.6 is 0 Å².